The standard InChI is InChI=1S/C12H16F3N/c1-8(2)16-7-10-4-9(3)5-11(6-10)12(13,14)15/h4-6,8,16H,7H2,1-3H3. The van der Waals surface area contributed by atoms with Crippen LogP contribution in [0, 0.1) is 6.92 Å². The predicted octanol–water partition coefficient (Wildman–Crippen LogP) is 3.51. The van der Waals surface area contributed by atoms with E-state index in [1.807, 2.05) is 13.8 Å². The molecule has 0 amide bonds. The van der Waals surface area contributed by atoms with Gasteiger partial charge in [-0.15, -0.1) is 0 Å². The molecule has 4 heteroatoms. The predicted molar refractivity (Wildman–Crippen MR) is 58.2 cm³/mol. The Bertz CT molecular complexity index is 356. The van der Waals surface area contributed by atoms with Crippen molar-refractivity contribution in [1.29, 1.82) is 0 Å². The quantitative estimate of drug-likeness (QED) is 0.839. The fourth-order valence-corrected chi connectivity index (χ4v) is 1.45. The third-order valence-corrected chi connectivity index (χ3v) is 2.18. The first kappa shape index (κ1) is 13.0. The molecule has 0 aliphatic rings. The molecule has 0 saturated carbocycles. The van der Waals surface area contributed by atoms with Crippen molar-refractivity contribution >= 4 is 0 Å². The van der Waals surface area contributed by atoms with E-state index in [9.17, 15) is 13.2 Å². The van der Waals surface area contributed by atoms with Gasteiger partial charge in [0.25, 0.3) is 0 Å². The van der Waals surface area contributed by atoms with Gasteiger partial charge in [0.05, 0.1) is 5.56 Å². The lowest BCUT2D eigenvalue weighted by Crippen LogP contribution is -2.22. The van der Waals surface area contributed by atoms with Crippen LogP contribution in [0.5, 0.6) is 0 Å². The van der Waals surface area contributed by atoms with Crippen LogP contribution in [0.1, 0.15) is 30.5 Å². The number of halogens is 3. The summed E-state index contributed by atoms with van der Waals surface area (Å²) in [6.07, 6.45) is -4.27. The summed E-state index contributed by atoms with van der Waals surface area (Å²) in [5.74, 6) is 0. The number of aryl methyl sites for hydroxylation is 1. The Balaban J connectivity index is 2.90. The molecule has 1 aromatic rings. The smallest absolute Gasteiger partial charge is 0.310 e. The molecular formula is C12H16F3N. The Hall–Kier alpha value is -1.03. The van der Waals surface area contributed by atoms with Crippen LogP contribution in [0.2, 0.25) is 0 Å². The molecule has 16 heavy (non-hydrogen) atoms. The summed E-state index contributed by atoms with van der Waals surface area (Å²) in [6.45, 7) is 6.05. The highest BCUT2D eigenvalue weighted by molar-refractivity contribution is 5.31. The zero-order valence-electron chi connectivity index (χ0n) is 9.65. The molecule has 0 heterocycles. The minimum absolute atomic E-state index is 0.259. The SMILES string of the molecule is Cc1cc(CNC(C)C)cc(C(F)(F)F)c1. The zero-order chi connectivity index (χ0) is 12.3. The summed E-state index contributed by atoms with van der Waals surface area (Å²) in [7, 11) is 0. The molecule has 0 aliphatic carbocycles. The van der Waals surface area contributed by atoms with Crippen molar-refractivity contribution in [3.8, 4) is 0 Å². The van der Waals surface area contributed by atoms with Crippen LogP contribution in [0.25, 0.3) is 0 Å². The van der Waals surface area contributed by atoms with Crippen molar-refractivity contribution in [1.82, 2.24) is 5.32 Å². The number of rotatable bonds is 3. The van der Waals surface area contributed by atoms with Gasteiger partial charge in [0.1, 0.15) is 0 Å². The highest BCUT2D eigenvalue weighted by Crippen LogP contribution is 2.30. The first-order valence-electron chi connectivity index (χ1n) is 5.20. The first-order valence-corrected chi connectivity index (χ1v) is 5.20. The van der Waals surface area contributed by atoms with Crippen molar-refractivity contribution in [3.05, 3.63) is 34.9 Å². The molecule has 0 spiro atoms. The second kappa shape index (κ2) is 4.87. The van der Waals surface area contributed by atoms with E-state index in [0.717, 1.165) is 0 Å². The lowest BCUT2D eigenvalue weighted by Gasteiger charge is -2.12. The van der Waals surface area contributed by atoms with Crippen LogP contribution in [0.15, 0.2) is 18.2 Å². The van der Waals surface area contributed by atoms with Gasteiger partial charge in [-0.05, 0) is 24.6 Å². The maximum atomic E-state index is 12.5. The average molecular weight is 231 g/mol. The number of nitrogens with one attached hydrogen (secondary N) is 1. The normalized spacial score (nSPS) is 12.2. The van der Waals surface area contributed by atoms with Gasteiger partial charge in [0, 0.05) is 12.6 Å². The molecular weight excluding hydrogens is 215 g/mol. The fraction of sp³-hybridized carbons (Fsp3) is 0.500. The van der Waals surface area contributed by atoms with Crippen LogP contribution in [-0.4, -0.2) is 6.04 Å². The molecule has 1 rings (SSSR count). The molecule has 0 aliphatic heterocycles. The van der Waals surface area contributed by atoms with E-state index in [1.165, 1.54) is 12.1 Å². The highest BCUT2D eigenvalue weighted by atomic mass is 19.4. The van der Waals surface area contributed by atoms with E-state index in [0.29, 0.717) is 17.7 Å². The van der Waals surface area contributed by atoms with Crippen molar-refractivity contribution < 1.29 is 13.2 Å². The summed E-state index contributed by atoms with van der Waals surface area (Å²) in [6, 6.07) is 4.39. The molecule has 0 atom stereocenters. The third kappa shape index (κ3) is 3.85. The molecule has 0 fully saturated rings. The molecule has 0 saturated heterocycles. The van der Waals surface area contributed by atoms with Crippen LogP contribution < -0.4 is 5.32 Å². The first-order chi connectivity index (χ1) is 7.29. The van der Waals surface area contributed by atoms with Gasteiger partial charge in [0.2, 0.25) is 0 Å². The molecule has 0 radical (unpaired) electrons. The summed E-state index contributed by atoms with van der Waals surface area (Å²) in [4.78, 5) is 0. The molecule has 0 unspecified atom stereocenters. The molecule has 1 N–H and O–H groups in total. The van der Waals surface area contributed by atoms with Crippen molar-refractivity contribution in [3.63, 3.8) is 0 Å². The van der Waals surface area contributed by atoms with Gasteiger partial charge in [-0.3, -0.25) is 0 Å². The van der Waals surface area contributed by atoms with Crippen molar-refractivity contribution in [2.45, 2.75) is 39.5 Å². The Morgan fingerprint density at radius 3 is 2.31 bits per heavy atom. The second-order valence-electron chi connectivity index (χ2n) is 4.24. The number of benzene rings is 1. The summed E-state index contributed by atoms with van der Waals surface area (Å²) < 4.78 is 37.6. The number of alkyl halides is 3. The number of hydrogen-bond donors (Lipinski definition) is 1. The largest absolute Gasteiger partial charge is 0.416 e. The summed E-state index contributed by atoms with van der Waals surface area (Å²) >= 11 is 0. The Kier molecular flexibility index (Phi) is 3.97. The van der Waals surface area contributed by atoms with Crippen molar-refractivity contribution in [2.24, 2.45) is 0 Å². The van der Waals surface area contributed by atoms with E-state index >= 15 is 0 Å². The Labute approximate surface area is 93.7 Å². The zero-order valence-corrected chi connectivity index (χ0v) is 9.65. The van der Waals surface area contributed by atoms with Crippen LogP contribution >= 0.6 is 0 Å². The second-order valence-corrected chi connectivity index (χ2v) is 4.24. The lowest BCUT2D eigenvalue weighted by atomic mass is 10.1. The van der Waals surface area contributed by atoms with E-state index in [-0.39, 0.29) is 6.04 Å². The van der Waals surface area contributed by atoms with E-state index < -0.39 is 11.7 Å². The maximum absolute atomic E-state index is 12.5. The highest BCUT2D eigenvalue weighted by Gasteiger charge is 2.30. The van der Waals surface area contributed by atoms with E-state index in [4.69, 9.17) is 0 Å². The summed E-state index contributed by atoms with van der Waals surface area (Å²) in [5, 5.41) is 3.10. The Morgan fingerprint density at radius 2 is 1.81 bits per heavy atom. The number of hydrogen-bond acceptors (Lipinski definition) is 1. The van der Waals surface area contributed by atoms with Gasteiger partial charge < -0.3 is 5.32 Å². The molecule has 90 valence electrons. The third-order valence-electron chi connectivity index (χ3n) is 2.18. The van der Waals surface area contributed by atoms with Crippen molar-refractivity contribution in [2.75, 3.05) is 0 Å². The fourth-order valence-electron chi connectivity index (χ4n) is 1.45. The minimum Gasteiger partial charge on any atom is -0.310 e. The minimum atomic E-state index is -4.27. The van der Waals surface area contributed by atoms with Gasteiger partial charge in [-0.25, -0.2) is 0 Å². The van der Waals surface area contributed by atoms with E-state index in [2.05, 4.69) is 5.32 Å². The summed E-state index contributed by atoms with van der Waals surface area (Å²) in [5.41, 5.74) is 0.726. The van der Waals surface area contributed by atoms with Crippen LogP contribution in [-0.2, 0) is 12.7 Å². The van der Waals surface area contributed by atoms with Gasteiger partial charge in [0.15, 0.2) is 0 Å². The van der Waals surface area contributed by atoms with Gasteiger partial charge >= 0.3 is 6.18 Å². The van der Waals surface area contributed by atoms with Gasteiger partial charge in [-0.1, -0.05) is 25.5 Å². The molecule has 1 nitrogen and oxygen atoms in total. The maximum Gasteiger partial charge on any atom is 0.416 e. The topological polar surface area (TPSA) is 12.0 Å². The van der Waals surface area contributed by atoms with Crippen LogP contribution in [0.3, 0.4) is 0 Å². The lowest BCUT2D eigenvalue weighted by molar-refractivity contribution is -0.137. The van der Waals surface area contributed by atoms with Gasteiger partial charge in [-0.2, -0.15) is 13.2 Å². The monoisotopic (exact) mass is 231 g/mol. The Morgan fingerprint density at radius 1 is 1.19 bits per heavy atom. The average Bonchev–Trinajstić information content (AvgIpc) is 2.12. The molecule has 1 aromatic carbocycles. The van der Waals surface area contributed by atoms with E-state index in [1.54, 1.807) is 13.0 Å². The molecule has 0 aromatic heterocycles. The van der Waals surface area contributed by atoms with Crippen LogP contribution in [0.4, 0.5) is 13.2 Å². The molecule has 0 bridgehead atoms.